The monoisotopic (exact) mass is 447 g/mol. The topological polar surface area (TPSA) is 29.0 Å². The van der Waals surface area contributed by atoms with E-state index in [1.807, 2.05) is 18.6 Å². The molecule has 2 aliphatic carbocycles. The number of benzene rings is 3. The molecule has 0 saturated heterocycles. The number of hydrogen-bond acceptors (Lipinski definition) is 3. The summed E-state index contributed by atoms with van der Waals surface area (Å²) >= 11 is 0. The molecule has 4 aliphatic rings. The number of anilines is 3. The van der Waals surface area contributed by atoms with E-state index >= 15 is 0 Å². The van der Waals surface area contributed by atoms with Crippen LogP contribution in [0.25, 0.3) is 22.3 Å². The number of fused-ring (bicyclic) bond motifs is 11. The number of rotatable bonds is 0. The summed E-state index contributed by atoms with van der Waals surface area (Å²) in [7, 11) is 0. The van der Waals surface area contributed by atoms with Gasteiger partial charge >= 0.3 is 0 Å². The average Bonchev–Trinajstić information content (AvgIpc) is 3.45. The van der Waals surface area contributed by atoms with Gasteiger partial charge in [-0.3, -0.25) is 9.97 Å². The quantitative estimate of drug-likeness (QED) is 0.253. The van der Waals surface area contributed by atoms with Crippen molar-refractivity contribution >= 4 is 17.1 Å². The Hall–Kier alpha value is -4.24. The van der Waals surface area contributed by atoms with Gasteiger partial charge in [0.1, 0.15) is 0 Å². The Kier molecular flexibility index (Phi) is 3.24. The molecule has 2 aromatic heterocycles. The van der Waals surface area contributed by atoms with Crippen molar-refractivity contribution in [3.05, 3.63) is 124 Å². The minimum Gasteiger partial charge on any atom is -0.308 e. The van der Waals surface area contributed by atoms with Gasteiger partial charge in [0.25, 0.3) is 0 Å². The molecule has 0 saturated carbocycles. The molecule has 0 radical (unpaired) electrons. The highest BCUT2D eigenvalue weighted by Crippen LogP contribution is 2.53. The minimum absolute atomic E-state index is 0.848. The maximum Gasteiger partial charge on any atom is 0.0716 e. The normalized spacial score (nSPS) is 14.9. The van der Waals surface area contributed by atoms with E-state index in [-0.39, 0.29) is 0 Å². The zero-order chi connectivity index (χ0) is 22.7. The summed E-state index contributed by atoms with van der Waals surface area (Å²) < 4.78 is 0. The van der Waals surface area contributed by atoms with Gasteiger partial charge < -0.3 is 4.90 Å². The Bertz CT molecular complexity index is 1760. The molecule has 0 amide bonds. The fraction of sp³-hybridized carbons (Fsp3) is 0.125. The van der Waals surface area contributed by atoms with Crippen molar-refractivity contribution < 1.29 is 0 Å². The fourth-order valence-electron chi connectivity index (χ4n) is 6.96. The fourth-order valence-corrected chi connectivity index (χ4v) is 6.96. The van der Waals surface area contributed by atoms with Crippen LogP contribution in [0.5, 0.6) is 0 Å². The van der Waals surface area contributed by atoms with E-state index in [4.69, 9.17) is 4.98 Å². The molecule has 0 fully saturated rings. The summed E-state index contributed by atoms with van der Waals surface area (Å²) in [5.41, 5.74) is 20.7. The van der Waals surface area contributed by atoms with Crippen LogP contribution in [-0.2, 0) is 25.7 Å². The third kappa shape index (κ3) is 2.26. The molecule has 0 N–H and O–H groups in total. The van der Waals surface area contributed by atoms with Gasteiger partial charge in [-0.25, -0.2) is 0 Å². The van der Waals surface area contributed by atoms with Gasteiger partial charge in [-0.1, -0.05) is 36.4 Å². The second kappa shape index (κ2) is 6.25. The molecule has 3 aromatic carbocycles. The number of pyridine rings is 2. The van der Waals surface area contributed by atoms with Crippen LogP contribution in [-0.4, -0.2) is 9.97 Å². The summed E-state index contributed by atoms with van der Waals surface area (Å²) in [5, 5.41) is 0. The first kappa shape index (κ1) is 18.1. The van der Waals surface area contributed by atoms with Crippen LogP contribution < -0.4 is 4.90 Å². The van der Waals surface area contributed by atoms with E-state index in [0.29, 0.717) is 0 Å². The van der Waals surface area contributed by atoms with Crippen molar-refractivity contribution in [3.63, 3.8) is 0 Å². The zero-order valence-electron chi connectivity index (χ0n) is 19.2. The lowest BCUT2D eigenvalue weighted by atomic mass is 9.88. The molecular weight excluding hydrogens is 426 g/mol. The summed E-state index contributed by atoms with van der Waals surface area (Å²) in [4.78, 5) is 11.7. The van der Waals surface area contributed by atoms with Crippen molar-refractivity contribution in [2.24, 2.45) is 0 Å². The van der Waals surface area contributed by atoms with Gasteiger partial charge in [0.2, 0.25) is 0 Å². The molecule has 3 nitrogen and oxygen atoms in total. The van der Waals surface area contributed by atoms with Crippen LogP contribution in [0.15, 0.2) is 79.3 Å². The zero-order valence-corrected chi connectivity index (χ0v) is 19.2. The SMILES string of the molecule is c1ccc2c(c1)Cc1c-2ccc2c1Cc1cc3c(cc1-2)Cc1ccnc2c1N3c1ccncc1C2. The van der Waals surface area contributed by atoms with Gasteiger partial charge in [-0.15, -0.1) is 0 Å². The first-order valence-electron chi connectivity index (χ1n) is 12.4. The lowest BCUT2D eigenvalue weighted by Gasteiger charge is -2.38. The van der Waals surface area contributed by atoms with Crippen LogP contribution in [0.1, 0.15) is 44.6 Å². The Morgan fingerprint density at radius 2 is 1.43 bits per heavy atom. The highest BCUT2D eigenvalue weighted by atomic mass is 15.2. The van der Waals surface area contributed by atoms with Crippen molar-refractivity contribution in [2.75, 3.05) is 4.90 Å². The molecule has 0 spiro atoms. The third-order valence-electron chi connectivity index (χ3n) is 8.47. The third-order valence-corrected chi connectivity index (χ3v) is 8.47. The summed E-state index contributed by atoms with van der Waals surface area (Å²) in [5.74, 6) is 0. The van der Waals surface area contributed by atoms with E-state index < -0.39 is 0 Å². The van der Waals surface area contributed by atoms with Crippen molar-refractivity contribution in [1.29, 1.82) is 0 Å². The lowest BCUT2D eigenvalue weighted by molar-refractivity contribution is 0.951. The molecule has 164 valence electrons. The predicted octanol–water partition coefficient (Wildman–Crippen LogP) is 6.90. The van der Waals surface area contributed by atoms with Gasteiger partial charge in [-0.05, 0) is 92.7 Å². The number of hydrogen-bond donors (Lipinski definition) is 0. The second-order valence-corrected chi connectivity index (χ2v) is 10.2. The molecule has 2 aliphatic heterocycles. The number of aromatic nitrogens is 2. The average molecular weight is 448 g/mol. The van der Waals surface area contributed by atoms with Crippen LogP contribution >= 0.6 is 0 Å². The molecule has 0 unspecified atom stereocenters. The Labute approximate surface area is 203 Å². The van der Waals surface area contributed by atoms with E-state index in [9.17, 15) is 0 Å². The maximum atomic E-state index is 4.78. The first-order valence-corrected chi connectivity index (χ1v) is 12.4. The first-order chi connectivity index (χ1) is 17.3. The summed E-state index contributed by atoms with van der Waals surface area (Å²) in [6.45, 7) is 0. The highest BCUT2D eigenvalue weighted by Gasteiger charge is 2.35. The molecule has 35 heavy (non-hydrogen) atoms. The minimum atomic E-state index is 0.848. The Balaban J connectivity index is 1.24. The second-order valence-electron chi connectivity index (χ2n) is 10.2. The largest absolute Gasteiger partial charge is 0.308 e. The molecule has 0 bridgehead atoms. The molecule has 5 aromatic rings. The van der Waals surface area contributed by atoms with Crippen LogP contribution in [0.4, 0.5) is 17.1 Å². The highest BCUT2D eigenvalue weighted by molar-refractivity contribution is 5.93. The van der Waals surface area contributed by atoms with Gasteiger partial charge in [0.05, 0.1) is 22.8 Å². The Morgan fingerprint density at radius 3 is 2.37 bits per heavy atom. The van der Waals surface area contributed by atoms with E-state index in [1.165, 1.54) is 78.3 Å². The van der Waals surface area contributed by atoms with Crippen molar-refractivity contribution in [3.8, 4) is 22.3 Å². The van der Waals surface area contributed by atoms with Gasteiger partial charge in [0, 0.05) is 37.0 Å². The predicted molar refractivity (Wildman–Crippen MR) is 139 cm³/mol. The Morgan fingerprint density at radius 1 is 0.571 bits per heavy atom. The van der Waals surface area contributed by atoms with E-state index in [2.05, 4.69) is 70.5 Å². The summed E-state index contributed by atoms with van der Waals surface area (Å²) in [6.07, 6.45) is 9.76. The molecular formula is C32H21N3. The van der Waals surface area contributed by atoms with E-state index in [0.717, 1.165) is 31.4 Å². The van der Waals surface area contributed by atoms with Crippen LogP contribution in [0.2, 0.25) is 0 Å². The lowest BCUT2D eigenvalue weighted by Crippen LogP contribution is -2.25. The van der Waals surface area contributed by atoms with Crippen LogP contribution in [0, 0.1) is 0 Å². The van der Waals surface area contributed by atoms with Gasteiger partial charge in [0.15, 0.2) is 0 Å². The molecule has 3 heteroatoms. The van der Waals surface area contributed by atoms with Crippen LogP contribution in [0.3, 0.4) is 0 Å². The smallest absolute Gasteiger partial charge is 0.0716 e. The molecule has 0 atom stereocenters. The standard InChI is InChI=1S/C32H21N3/c1-2-4-23-18(3-1)12-27-24(23)5-6-25-26-14-21-11-19-7-10-34-29-15-22-17-33-9-8-30(22)35(32(19)29)31(21)16-20(26)13-28(25)27/h1-10,14,16-17H,11-13,15H2. The molecule has 9 rings (SSSR count). The van der Waals surface area contributed by atoms with Crippen molar-refractivity contribution in [2.45, 2.75) is 25.7 Å². The van der Waals surface area contributed by atoms with Gasteiger partial charge in [-0.2, -0.15) is 0 Å². The van der Waals surface area contributed by atoms with Crippen molar-refractivity contribution in [1.82, 2.24) is 9.97 Å². The maximum absolute atomic E-state index is 4.78. The summed E-state index contributed by atoms with van der Waals surface area (Å²) in [6, 6.07) is 22.9. The van der Waals surface area contributed by atoms with E-state index in [1.54, 1.807) is 0 Å². The molecule has 4 heterocycles. The number of nitrogens with zero attached hydrogens (tertiary/aromatic N) is 3.